The van der Waals surface area contributed by atoms with Gasteiger partial charge in [-0.3, -0.25) is 4.79 Å². The molecule has 4 rings (SSSR count). The van der Waals surface area contributed by atoms with Crippen LogP contribution in [0.5, 0.6) is 11.5 Å². The Balaban J connectivity index is 1.38. The Morgan fingerprint density at radius 3 is 2.56 bits per heavy atom. The van der Waals surface area contributed by atoms with Crippen LogP contribution in [0.4, 0.5) is 10.8 Å². The quantitative estimate of drug-likeness (QED) is 0.126. The van der Waals surface area contributed by atoms with Crippen molar-refractivity contribution in [3.05, 3.63) is 86.7 Å². The predicted octanol–water partition coefficient (Wildman–Crippen LogP) is 6.60. The Kier molecular flexibility index (Phi) is 9.53. The molecule has 200 valence electrons. The molecule has 1 aromatic heterocycles. The number of aliphatic carboxylic acids is 1. The van der Waals surface area contributed by atoms with Crippen molar-refractivity contribution in [2.75, 3.05) is 18.5 Å². The summed E-state index contributed by atoms with van der Waals surface area (Å²) in [4.78, 5) is 28.0. The summed E-state index contributed by atoms with van der Waals surface area (Å²) in [5, 5.41) is 19.5. The van der Waals surface area contributed by atoms with E-state index in [2.05, 4.69) is 36.8 Å². The molecule has 0 saturated carbocycles. The van der Waals surface area contributed by atoms with E-state index in [1.165, 1.54) is 17.6 Å². The van der Waals surface area contributed by atoms with Gasteiger partial charge < -0.3 is 19.9 Å². The number of halogens is 2. The number of anilines is 2. The second-order valence-electron chi connectivity index (χ2n) is 7.89. The van der Waals surface area contributed by atoms with Gasteiger partial charge in [0.2, 0.25) is 0 Å². The summed E-state index contributed by atoms with van der Waals surface area (Å²) >= 11 is 10.8. The number of carboxylic acids is 1. The zero-order valence-electron chi connectivity index (χ0n) is 20.5. The predicted molar refractivity (Wildman–Crippen MR) is 156 cm³/mol. The highest BCUT2D eigenvalue weighted by Gasteiger charge is 2.14. The van der Waals surface area contributed by atoms with Gasteiger partial charge in [0, 0.05) is 27.2 Å². The monoisotopic (exact) mass is 628 g/mol. The average Bonchev–Trinajstić information content (AvgIpc) is 3.38. The molecule has 1 heterocycles. The van der Waals surface area contributed by atoms with E-state index in [-0.39, 0.29) is 11.7 Å². The van der Waals surface area contributed by atoms with E-state index in [0.717, 1.165) is 22.1 Å². The molecule has 0 bridgehead atoms. The summed E-state index contributed by atoms with van der Waals surface area (Å²) in [6.07, 6.45) is 1.45. The van der Waals surface area contributed by atoms with Crippen molar-refractivity contribution in [1.29, 1.82) is 0 Å². The van der Waals surface area contributed by atoms with Gasteiger partial charge in [-0.15, -0.1) is 11.3 Å². The van der Waals surface area contributed by atoms with E-state index in [1.54, 1.807) is 43.3 Å². The lowest BCUT2D eigenvalue weighted by Crippen LogP contribution is -2.17. The number of hydrazone groups is 1. The minimum atomic E-state index is -1.10. The van der Waals surface area contributed by atoms with Crippen LogP contribution in [-0.4, -0.2) is 41.4 Å². The van der Waals surface area contributed by atoms with Gasteiger partial charge in [-0.25, -0.2) is 15.2 Å². The molecule has 0 fully saturated rings. The number of ether oxygens (including phenoxy) is 2. The van der Waals surface area contributed by atoms with Crippen LogP contribution in [0.3, 0.4) is 0 Å². The normalized spacial score (nSPS) is 10.8. The van der Waals surface area contributed by atoms with Crippen molar-refractivity contribution < 1.29 is 24.2 Å². The molecule has 39 heavy (non-hydrogen) atoms. The van der Waals surface area contributed by atoms with Crippen LogP contribution < -0.4 is 20.2 Å². The molecule has 3 aromatic carbocycles. The van der Waals surface area contributed by atoms with Crippen molar-refractivity contribution in [3.63, 3.8) is 0 Å². The molecule has 0 aliphatic heterocycles. The third kappa shape index (κ3) is 7.79. The SMILES string of the molecule is CCOc1cc(/C=N\NC(=O)c2ccc(-c3csc(Nc4ccc(Cl)cc4)n3)cc2)cc(Br)c1OCC(=O)O. The Bertz CT molecular complexity index is 1490. The fourth-order valence-corrected chi connectivity index (χ4v) is 4.78. The molecule has 1 amide bonds. The number of carbonyl (C=O) groups excluding carboxylic acids is 1. The molecular formula is C27H22BrClN4O5S. The summed E-state index contributed by atoms with van der Waals surface area (Å²) in [5.74, 6) is -0.863. The van der Waals surface area contributed by atoms with E-state index < -0.39 is 12.6 Å². The van der Waals surface area contributed by atoms with Gasteiger partial charge in [-0.1, -0.05) is 23.7 Å². The molecule has 4 aromatic rings. The summed E-state index contributed by atoms with van der Waals surface area (Å²) in [5.41, 5.74) is 6.08. The zero-order valence-corrected chi connectivity index (χ0v) is 23.6. The number of thiazole rings is 1. The van der Waals surface area contributed by atoms with Gasteiger partial charge in [0.05, 0.1) is 23.0 Å². The Morgan fingerprint density at radius 2 is 1.87 bits per heavy atom. The van der Waals surface area contributed by atoms with Crippen LogP contribution in [0.1, 0.15) is 22.8 Å². The van der Waals surface area contributed by atoms with Gasteiger partial charge in [-0.2, -0.15) is 5.10 Å². The smallest absolute Gasteiger partial charge is 0.341 e. The maximum Gasteiger partial charge on any atom is 0.341 e. The molecule has 0 unspecified atom stereocenters. The number of rotatable bonds is 11. The number of benzene rings is 3. The molecule has 9 nitrogen and oxygen atoms in total. The number of hydrogen-bond acceptors (Lipinski definition) is 8. The number of amides is 1. The van der Waals surface area contributed by atoms with E-state index in [4.69, 9.17) is 26.2 Å². The third-order valence-electron chi connectivity index (χ3n) is 5.09. The van der Waals surface area contributed by atoms with Crippen LogP contribution in [-0.2, 0) is 4.79 Å². The Hall–Kier alpha value is -3.93. The van der Waals surface area contributed by atoms with Crippen molar-refractivity contribution in [2.24, 2.45) is 5.10 Å². The van der Waals surface area contributed by atoms with Gasteiger partial charge in [0.25, 0.3) is 5.91 Å². The van der Waals surface area contributed by atoms with E-state index in [1.807, 2.05) is 29.6 Å². The molecule has 0 saturated heterocycles. The number of nitrogens with one attached hydrogen (secondary N) is 2. The summed E-state index contributed by atoms with van der Waals surface area (Å²) < 4.78 is 11.4. The lowest BCUT2D eigenvalue weighted by Gasteiger charge is -2.13. The fourth-order valence-electron chi connectivity index (χ4n) is 3.34. The first-order valence-corrected chi connectivity index (χ1v) is 13.6. The largest absolute Gasteiger partial charge is 0.490 e. The molecule has 0 radical (unpaired) electrons. The standard InChI is InChI=1S/C27H22BrClN4O5S/c1-2-37-23-12-16(11-21(28)25(23)38-14-24(34)35)13-30-33-26(36)18-5-3-17(4-6-18)22-15-39-27(32-22)31-20-9-7-19(29)8-10-20/h3-13,15H,2,14H2,1H3,(H,31,32)(H,33,36)(H,34,35)/b30-13-. The molecule has 12 heteroatoms. The second kappa shape index (κ2) is 13.2. The van der Waals surface area contributed by atoms with Crippen molar-refractivity contribution in [1.82, 2.24) is 10.4 Å². The maximum atomic E-state index is 12.6. The lowest BCUT2D eigenvalue weighted by molar-refractivity contribution is -0.139. The van der Waals surface area contributed by atoms with Crippen molar-refractivity contribution in [2.45, 2.75) is 6.92 Å². The van der Waals surface area contributed by atoms with Crippen LogP contribution in [0.15, 0.2) is 75.6 Å². The van der Waals surface area contributed by atoms with Crippen LogP contribution >= 0.6 is 38.9 Å². The Labute approximate surface area is 241 Å². The first kappa shape index (κ1) is 28.1. The molecule has 0 aliphatic carbocycles. The average molecular weight is 630 g/mol. The zero-order chi connectivity index (χ0) is 27.8. The van der Waals surface area contributed by atoms with Crippen LogP contribution in [0.2, 0.25) is 5.02 Å². The van der Waals surface area contributed by atoms with E-state index in [9.17, 15) is 9.59 Å². The fraction of sp³-hybridized carbons (Fsp3) is 0.111. The first-order chi connectivity index (χ1) is 18.8. The minimum Gasteiger partial charge on any atom is -0.490 e. The lowest BCUT2D eigenvalue weighted by atomic mass is 10.1. The molecule has 0 aliphatic rings. The van der Waals surface area contributed by atoms with Crippen LogP contribution in [0, 0.1) is 0 Å². The number of aromatic nitrogens is 1. The highest BCUT2D eigenvalue weighted by molar-refractivity contribution is 9.10. The number of carboxylic acid groups (broad SMARTS) is 1. The molecule has 0 spiro atoms. The van der Waals surface area contributed by atoms with Gasteiger partial charge in [0.1, 0.15) is 0 Å². The number of nitrogens with zero attached hydrogens (tertiary/aromatic N) is 2. The topological polar surface area (TPSA) is 122 Å². The summed E-state index contributed by atoms with van der Waals surface area (Å²) in [6, 6.07) is 17.7. The molecule has 0 atom stereocenters. The molecular weight excluding hydrogens is 608 g/mol. The minimum absolute atomic E-state index is 0.272. The Morgan fingerprint density at radius 1 is 1.13 bits per heavy atom. The molecule has 3 N–H and O–H groups in total. The van der Waals surface area contributed by atoms with Gasteiger partial charge >= 0.3 is 5.97 Å². The highest BCUT2D eigenvalue weighted by atomic mass is 79.9. The van der Waals surface area contributed by atoms with Crippen molar-refractivity contribution >= 4 is 67.8 Å². The van der Waals surface area contributed by atoms with Crippen LogP contribution in [0.25, 0.3) is 11.3 Å². The summed E-state index contributed by atoms with van der Waals surface area (Å²) in [7, 11) is 0. The number of carbonyl (C=O) groups is 2. The van der Waals surface area contributed by atoms with E-state index >= 15 is 0 Å². The maximum absolute atomic E-state index is 12.6. The third-order valence-corrected chi connectivity index (χ3v) is 6.69. The van der Waals surface area contributed by atoms with Gasteiger partial charge in [-0.05, 0) is 76.9 Å². The van der Waals surface area contributed by atoms with Crippen molar-refractivity contribution in [3.8, 4) is 22.8 Å². The highest BCUT2D eigenvalue weighted by Crippen LogP contribution is 2.36. The second-order valence-corrected chi connectivity index (χ2v) is 10.0. The first-order valence-electron chi connectivity index (χ1n) is 11.5. The number of hydrogen-bond donors (Lipinski definition) is 3. The summed E-state index contributed by atoms with van der Waals surface area (Å²) in [6.45, 7) is 1.64. The van der Waals surface area contributed by atoms with Gasteiger partial charge in [0.15, 0.2) is 23.2 Å². The van der Waals surface area contributed by atoms with E-state index in [0.29, 0.717) is 33.0 Å².